The number of hydrogen-bond donors (Lipinski definition) is 1. The van der Waals surface area contributed by atoms with E-state index in [0.717, 1.165) is 29.0 Å². The Morgan fingerprint density at radius 1 is 0.885 bits per heavy atom. The van der Waals surface area contributed by atoms with E-state index in [-0.39, 0.29) is 5.91 Å². The highest BCUT2D eigenvalue weighted by atomic mass is 16.5. The van der Waals surface area contributed by atoms with Gasteiger partial charge in [-0.1, -0.05) is 36.4 Å². The minimum atomic E-state index is -0.120. The minimum Gasteiger partial charge on any atom is -0.493 e. The van der Waals surface area contributed by atoms with E-state index in [1.807, 2.05) is 56.3 Å². The molecule has 3 heteroatoms. The zero-order valence-corrected chi connectivity index (χ0v) is 15.2. The predicted molar refractivity (Wildman–Crippen MR) is 106 cm³/mol. The summed E-state index contributed by atoms with van der Waals surface area (Å²) in [5.74, 6) is 0.648. The van der Waals surface area contributed by atoms with Crippen LogP contribution in [0.25, 0.3) is 0 Å². The van der Waals surface area contributed by atoms with Crippen LogP contribution in [0.2, 0.25) is 0 Å². The molecule has 132 valence electrons. The monoisotopic (exact) mass is 345 g/mol. The average Bonchev–Trinajstić information content (AvgIpc) is 2.62. The molecule has 3 rings (SSSR count). The molecule has 1 N–H and O–H groups in total. The van der Waals surface area contributed by atoms with Crippen molar-refractivity contribution in [3.63, 3.8) is 0 Å². The average molecular weight is 345 g/mol. The molecule has 26 heavy (non-hydrogen) atoms. The van der Waals surface area contributed by atoms with Gasteiger partial charge in [0.25, 0.3) is 5.91 Å². The molecule has 0 aliphatic heterocycles. The summed E-state index contributed by atoms with van der Waals surface area (Å²) < 4.78 is 5.76. The molecule has 1 amide bonds. The molecule has 0 aromatic heterocycles. The second-order valence-electron chi connectivity index (χ2n) is 6.44. The number of carbonyl (C=O) groups excluding carboxylic acids is 1. The number of ether oxygens (including phenoxy) is 1. The van der Waals surface area contributed by atoms with Gasteiger partial charge in [-0.2, -0.15) is 0 Å². The van der Waals surface area contributed by atoms with Crippen LogP contribution in [0.15, 0.2) is 72.8 Å². The third kappa shape index (κ3) is 4.96. The number of amides is 1. The first kappa shape index (κ1) is 17.7. The van der Waals surface area contributed by atoms with Gasteiger partial charge in [0.15, 0.2) is 0 Å². The number of anilines is 1. The third-order valence-electron chi connectivity index (χ3n) is 4.10. The summed E-state index contributed by atoms with van der Waals surface area (Å²) in [6.07, 6.45) is 0.857. The maximum absolute atomic E-state index is 12.4. The van der Waals surface area contributed by atoms with Gasteiger partial charge in [0.05, 0.1) is 6.61 Å². The van der Waals surface area contributed by atoms with E-state index in [1.165, 1.54) is 5.56 Å². The fourth-order valence-electron chi connectivity index (χ4n) is 2.88. The first-order valence-electron chi connectivity index (χ1n) is 8.76. The van der Waals surface area contributed by atoms with Crippen molar-refractivity contribution in [2.45, 2.75) is 20.3 Å². The fourth-order valence-corrected chi connectivity index (χ4v) is 2.88. The molecule has 3 aromatic rings. The smallest absolute Gasteiger partial charge is 0.255 e. The first-order chi connectivity index (χ1) is 12.6. The van der Waals surface area contributed by atoms with Gasteiger partial charge in [0.1, 0.15) is 5.75 Å². The van der Waals surface area contributed by atoms with Crippen LogP contribution in [0.5, 0.6) is 5.75 Å². The summed E-state index contributed by atoms with van der Waals surface area (Å²) in [5, 5.41) is 2.94. The van der Waals surface area contributed by atoms with Crippen molar-refractivity contribution in [3.05, 3.63) is 95.1 Å². The molecular formula is C23H23NO2. The van der Waals surface area contributed by atoms with Gasteiger partial charge >= 0.3 is 0 Å². The van der Waals surface area contributed by atoms with Crippen molar-refractivity contribution in [2.24, 2.45) is 0 Å². The quantitative estimate of drug-likeness (QED) is 0.669. The molecular weight excluding hydrogens is 322 g/mol. The van der Waals surface area contributed by atoms with Gasteiger partial charge in [-0.3, -0.25) is 4.79 Å². The lowest BCUT2D eigenvalue weighted by atomic mass is 10.1. The molecule has 0 heterocycles. The lowest BCUT2D eigenvalue weighted by Crippen LogP contribution is -2.12. The van der Waals surface area contributed by atoms with Crippen LogP contribution >= 0.6 is 0 Å². The van der Waals surface area contributed by atoms with Crippen molar-refractivity contribution in [1.29, 1.82) is 0 Å². The molecule has 0 fully saturated rings. The molecule has 0 radical (unpaired) electrons. The highest BCUT2D eigenvalue weighted by Crippen LogP contribution is 2.17. The van der Waals surface area contributed by atoms with Gasteiger partial charge in [-0.15, -0.1) is 0 Å². The van der Waals surface area contributed by atoms with Crippen molar-refractivity contribution in [1.82, 2.24) is 0 Å². The summed E-state index contributed by atoms with van der Waals surface area (Å²) in [7, 11) is 0. The molecule has 0 bridgehead atoms. The SMILES string of the molecule is Cc1cc(C)cc(NC(=O)c2ccc(OCCc3ccccc3)cc2)c1. The van der Waals surface area contributed by atoms with Crippen LogP contribution in [-0.2, 0) is 6.42 Å². The lowest BCUT2D eigenvalue weighted by molar-refractivity contribution is 0.102. The van der Waals surface area contributed by atoms with Crippen LogP contribution in [0.3, 0.4) is 0 Å². The maximum atomic E-state index is 12.4. The minimum absolute atomic E-state index is 0.120. The van der Waals surface area contributed by atoms with E-state index in [2.05, 4.69) is 23.5 Å². The summed E-state index contributed by atoms with van der Waals surface area (Å²) in [5.41, 5.74) is 4.93. The van der Waals surface area contributed by atoms with Crippen LogP contribution in [0.1, 0.15) is 27.0 Å². The number of rotatable bonds is 6. The Morgan fingerprint density at radius 2 is 1.54 bits per heavy atom. The predicted octanol–water partition coefficient (Wildman–Crippen LogP) is 5.18. The molecule has 3 nitrogen and oxygen atoms in total. The number of hydrogen-bond acceptors (Lipinski definition) is 2. The van der Waals surface area contributed by atoms with E-state index < -0.39 is 0 Å². The topological polar surface area (TPSA) is 38.3 Å². The second kappa shape index (κ2) is 8.34. The van der Waals surface area contributed by atoms with Crippen LogP contribution in [0.4, 0.5) is 5.69 Å². The molecule has 0 unspecified atom stereocenters. The summed E-state index contributed by atoms with van der Waals surface area (Å²) in [4.78, 5) is 12.4. The number of carbonyl (C=O) groups is 1. The Hall–Kier alpha value is -3.07. The molecule has 0 saturated carbocycles. The highest BCUT2D eigenvalue weighted by Gasteiger charge is 2.07. The molecule has 0 atom stereocenters. The van der Waals surface area contributed by atoms with E-state index in [1.54, 1.807) is 12.1 Å². The Balaban J connectivity index is 1.55. The third-order valence-corrected chi connectivity index (χ3v) is 4.10. The second-order valence-corrected chi connectivity index (χ2v) is 6.44. The van der Waals surface area contributed by atoms with Gasteiger partial charge < -0.3 is 10.1 Å². The van der Waals surface area contributed by atoms with Gasteiger partial charge in [0, 0.05) is 17.7 Å². The van der Waals surface area contributed by atoms with Gasteiger partial charge in [-0.05, 0) is 66.9 Å². The van der Waals surface area contributed by atoms with Crippen LogP contribution in [-0.4, -0.2) is 12.5 Å². The molecule has 0 aliphatic carbocycles. The van der Waals surface area contributed by atoms with Gasteiger partial charge in [-0.25, -0.2) is 0 Å². The number of nitrogens with one attached hydrogen (secondary N) is 1. The zero-order valence-electron chi connectivity index (χ0n) is 15.2. The molecule has 0 spiro atoms. The summed E-state index contributed by atoms with van der Waals surface area (Å²) in [6.45, 7) is 4.65. The maximum Gasteiger partial charge on any atom is 0.255 e. The summed E-state index contributed by atoms with van der Waals surface area (Å²) >= 11 is 0. The number of aryl methyl sites for hydroxylation is 2. The Kier molecular flexibility index (Phi) is 5.69. The standard InChI is InChI=1S/C23H23NO2/c1-17-14-18(2)16-21(15-17)24-23(25)20-8-10-22(11-9-20)26-13-12-19-6-4-3-5-7-19/h3-11,14-16H,12-13H2,1-2H3,(H,24,25). The lowest BCUT2D eigenvalue weighted by Gasteiger charge is -2.09. The Labute approximate surface area is 154 Å². The van der Waals surface area contributed by atoms with Crippen molar-refractivity contribution < 1.29 is 9.53 Å². The van der Waals surface area contributed by atoms with E-state index >= 15 is 0 Å². The van der Waals surface area contributed by atoms with Crippen molar-refractivity contribution >= 4 is 11.6 Å². The fraction of sp³-hybridized carbons (Fsp3) is 0.174. The largest absolute Gasteiger partial charge is 0.493 e. The Bertz CT molecular complexity index is 850. The summed E-state index contributed by atoms with van der Waals surface area (Å²) in [6, 6.07) is 23.5. The van der Waals surface area contributed by atoms with Crippen LogP contribution in [0, 0.1) is 13.8 Å². The van der Waals surface area contributed by atoms with E-state index in [4.69, 9.17) is 4.74 Å². The zero-order chi connectivity index (χ0) is 18.4. The Morgan fingerprint density at radius 3 is 2.19 bits per heavy atom. The highest BCUT2D eigenvalue weighted by molar-refractivity contribution is 6.04. The first-order valence-corrected chi connectivity index (χ1v) is 8.76. The van der Waals surface area contributed by atoms with Crippen molar-refractivity contribution in [2.75, 3.05) is 11.9 Å². The van der Waals surface area contributed by atoms with Gasteiger partial charge in [0.2, 0.25) is 0 Å². The molecule has 3 aromatic carbocycles. The number of benzene rings is 3. The molecule has 0 aliphatic rings. The van der Waals surface area contributed by atoms with E-state index in [9.17, 15) is 4.79 Å². The molecule has 0 saturated heterocycles. The van der Waals surface area contributed by atoms with Crippen LogP contribution < -0.4 is 10.1 Å². The van der Waals surface area contributed by atoms with E-state index in [0.29, 0.717) is 12.2 Å². The van der Waals surface area contributed by atoms with Crippen molar-refractivity contribution in [3.8, 4) is 5.75 Å². The normalized spacial score (nSPS) is 10.4.